The summed E-state index contributed by atoms with van der Waals surface area (Å²) in [5, 5.41) is 0. The number of rotatable bonds is 4. The summed E-state index contributed by atoms with van der Waals surface area (Å²) in [7, 11) is 0. The minimum absolute atomic E-state index is 0.234. The second kappa shape index (κ2) is 6.62. The van der Waals surface area contributed by atoms with Gasteiger partial charge in [-0.3, -0.25) is 14.3 Å². The summed E-state index contributed by atoms with van der Waals surface area (Å²) in [4.78, 5) is 31.9. The van der Waals surface area contributed by atoms with Crippen molar-refractivity contribution in [2.24, 2.45) is 0 Å². The first kappa shape index (κ1) is 15.9. The molecular formula is C18H17N3O3. The van der Waals surface area contributed by atoms with E-state index in [1.165, 1.54) is 0 Å². The van der Waals surface area contributed by atoms with E-state index in [1.54, 1.807) is 36.7 Å². The number of carbonyl (C=O) groups is 2. The molecule has 0 aliphatic rings. The number of pyridine rings is 1. The molecule has 0 N–H and O–H groups in total. The van der Waals surface area contributed by atoms with Crippen molar-refractivity contribution in [1.82, 2.24) is 14.5 Å². The number of fused-ring (bicyclic) bond motifs is 1. The summed E-state index contributed by atoms with van der Waals surface area (Å²) in [6.07, 6.45) is 4.31. The van der Waals surface area contributed by atoms with Crippen LogP contribution in [0.15, 0.2) is 42.7 Å². The lowest BCUT2D eigenvalue weighted by molar-refractivity contribution is -0.137. The Morgan fingerprint density at radius 2 is 1.92 bits per heavy atom. The molecule has 0 aliphatic carbocycles. The van der Waals surface area contributed by atoms with Gasteiger partial charge in [0.1, 0.15) is 11.3 Å². The minimum Gasteiger partial charge on any atom is -0.389 e. The molecule has 0 aliphatic heterocycles. The number of imidazole rings is 1. The smallest absolute Gasteiger partial charge is 0.345 e. The number of esters is 2. The maximum Gasteiger partial charge on any atom is 0.345 e. The summed E-state index contributed by atoms with van der Waals surface area (Å²) in [6, 6.07) is 8.78. The molecule has 1 aromatic carbocycles. The van der Waals surface area contributed by atoms with Gasteiger partial charge in [0.05, 0.1) is 17.3 Å². The summed E-state index contributed by atoms with van der Waals surface area (Å²) >= 11 is 0. The van der Waals surface area contributed by atoms with Crippen molar-refractivity contribution >= 4 is 23.0 Å². The third-order valence-corrected chi connectivity index (χ3v) is 3.65. The minimum atomic E-state index is -0.628. The van der Waals surface area contributed by atoms with Gasteiger partial charge in [-0.15, -0.1) is 0 Å². The van der Waals surface area contributed by atoms with Crippen LogP contribution in [0.2, 0.25) is 0 Å². The highest BCUT2D eigenvalue weighted by Crippen LogP contribution is 2.21. The summed E-state index contributed by atoms with van der Waals surface area (Å²) in [5.41, 5.74) is 2.96. The quantitative estimate of drug-likeness (QED) is 0.544. The Morgan fingerprint density at radius 3 is 2.62 bits per heavy atom. The van der Waals surface area contributed by atoms with E-state index in [0.717, 1.165) is 22.5 Å². The molecule has 0 radical (unpaired) electrons. The zero-order valence-corrected chi connectivity index (χ0v) is 13.5. The molecule has 2 heterocycles. The molecule has 6 nitrogen and oxygen atoms in total. The SMILES string of the molecule is CCCC(=O)OC(=O)c1ccc(-n2c(C)nc3cnccc32)cc1. The Balaban J connectivity index is 1.88. The molecule has 0 unspecified atom stereocenters. The number of nitrogens with zero attached hydrogens (tertiary/aromatic N) is 3. The summed E-state index contributed by atoms with van der Waals surface area (Å²) < 4.78 is 6.78. The van der Waals surface area contributed by atoms with E-state index in [2.05, 4.69) is 9.97 Å². The average molecular weight is 323 g/mol. The first-order valence-corrected chi connectivity index (χ1v) is 7.74. The Hall–Kier alpha value is -3.02. The van der Waals surface area contributed by atoms with Gasteiger partial charge in [0.25, 0.3) is 0 Å². The van der Waals surface area contributed by atoms with Crippen LogP contribution >= 0.6 is 0 Å². The maximum atomic E-state index is 11.9. The van der Waals surface area contributed by atoms with E-state index in [-0.39, 0.29) is 6.42 Å². The molecule has 0 bridgehead atoms. The summed E-state index contributed by atoms with van der Waals surface area (Å²) in [5.74, 6) is -0.307. The van der Waals surface area contributed by atoms with Crippen LogP contribution in [0.3, 0.4) is 0 Å². The van der Waals surface area contributed by atoms with Gasteiger partial charge in [-0.1, -0.05) is 6.92 Å². The standard InChI is InChI=1S/C18H17N3O3/c1-3-4-17(22)24-18(23)13-5-7-14(8-6-13)21-12(2)20-15-11-19-10-9-16(15)21/h5-11H,3-4H2,1-2H3. The zero-order chi connectivity index (χ0) is 17.1. The van der Waals surface area contributed by atoms with Crippen LogP contribution in [0.25, 0.3) is 16.7 Å². The zero-order valence-electron chi connectivity index (χ0n) is 13.5. The third kappa shape index (κ3) is 3.03. The van der Waals surface area contributed by atoms with E-state index < -0.39 is 11.9 Å². The highest BCUT2D eigenvalue weighted by molar-refractivity contribution is 5.96. The predicted molar refractivity (Wildman–Crippen MR) is 88.9 cm³/mol. The van der Waals surface area contributed by atoms with Crippen molar-refractivity contribution < 1.29 is 14.3 Å². The number of ether oxygens (including phenoxy) is 1. The normalized spacial score (nSPS) is 10.8. The van der Waals surface area contributed by atoms with Gasteiger partial charge in [-0.25, -0.2) is 9.78 Å². The Morgan fingerprint density at radius 1 is 1.17 bits per heavy atom. The van der Waals surface area contributed by atoms with Crippen LogP contribution in [0.4, 0.5) is 0 Å². The van der Waals surface area contributed by atoms with Gasteiger partial charge in [-0.2, -0.15) is 0 Å². The topological polar surface area (TPSA) is 74.1 Å². The molecule has 0 atom stereocenters. The highest BCUT2D eigenvalue weighted by atomic mass is 16.6. The third-order valence-electron chi connectivity index (χ3n) is 3.65. The van der Waals surface area contributed by atoms with Crippen LogP contribution in [0, 0.1) is 6.92 Å². The second-order valence-corrected chi connectivity index (χ2v) is 5.42. The van der Waals surface area contributed by atoms with Crippen LogP contribution in [0.1, 0.15) is 35.9 Å². The molecule has 2 aromatic heterocycles. The largest absolute Gasteiger partial charge is 0.389 e. The average Bonchev–Trinajstić information content (AvgIpc) is 2.91. The fourth-order valence-corrected chi connectivity index (χ4v) is 2.54. The van der Waals surface area contributed by atoms with Gasteiger partial charge in [0, 0.05) is 18.3 Å². The van der Waals surface area contributed by atoms with E-state index >= 15 is 0 Å². The number of aromatic nitrogens is 3. The predicted octanol–water partition coefficient (Wildman–Crippen LogP) is 3.21. The molecule has 6 heteroatoms. The number of benzene rings is 1. The van der Waals surface area contributed by atoms with Crippen LogP contribution in [0.5, 0.6) is 0 Å². The molecule has 0 spiro atoms. The molecule has 0 fully saturated rings. The fourth-order valence-electron chi connectivity index (χ4n) is 2.54. The molecule has 3 aromatic rings. The van der Waals surface area contributed by atoms with Crippen molar-refractivity contribution in [2.45, 2.75) is 26.7 Å². The van der Waals surface area contributed by atoms with Crippen molar-refractivity contribution in [3.05, 3.63) is 54.1 Å². The van der Waals surface area contributed by atoms with Crippen LogP contribution < -0.4 is 0 Å². The van der Waals surface area contributed by atoms with Crippen molar-refractivity contribution in [2.75, 3.05) is 0 Å². The van der Waals surface area contributed by atoms with Crippen molar-refractivity contribution in [1.29, 1.82) is 0 Å². The van der Waals surface area contributed by atoms with Gasteiger partial charge >= 0.3 is 11.9 Å². The first-order valence-electron chi connectivity index (χ1n) is 7.74. The van der Waals surface area contributed by atoms with E-state index in [4.69, 9.17) is 4.74 Å². The van der Waals surface area contributed by atoms with E-state index in [9.17, 15) is 9.59 Å². The summed E-state index contributed by atoms with van der Waals surface area (Å²) in [6.45, 7) is 3.76. The van der Waals surface area contributed by atoms with Crippen molar-refractivity contribution in [3.8, 4) is 5.69 Å². The molecular weight excluding hydrogens is 306 g/mol. The lowest BCUT2D eigenvalue weighted by atomic mass is 10.2. The van der Waals surface area contributed by atoms with Crippen LogP contribution in [-0.4, -0.2) is 26.5 Å². The molecule has 0 amide bonds. The van der Waals surface area contributed by atoms with Crippen LogP contribution in [-0.2, 0) is 9.53 Å². The fraction of sp³-hybridized carbons (Fsp3) is 0.222. The Labute approximate surface area is 139 Å². The molecule has 122 valence electrons. The number of aryl methyl sites for hydroxylation is 1. The van der Waals surface area contributed by atoms with Gasteiger partial charge in [-0.05, 0) is 43.7 Å². The molecule has 0 saturated heterocycles. The Bertz CT molecular complexity index is 898. The number of carbonyl (C=O) groups excluding carboxylic acids is 2. The second-order valence-electron chi connectivity index (χ2n) is 5.42. The number of hydrogen-bond donors (Lipinski definition) is 0. The van der Waals surface area contributed by atoms with Gasteiger partial charge < -0.3 is 4.74 Å². The van der Waals surface area contributed by atoms with E-state index in [0.29, 0.717) is 12.0 Å². The maximum absolute atomic E-state index is 11.9. The monoisotopic (exact) mass is 323 g/mol. The highest BCUT2D eigenvalue weighted by Gasteiger charge is 2.13. The first-order chi connectivity index (χ1) is 11.6. The molecule has 3 rings (SSSR count). The number of hydrogen-bond acceptors (Lipinski definition) is 5. The van der Waals surface area contributed by atoms with Crippen molar-refractivity contribution in [3.63, 3.8) is 0 Å². The Kier molecular flexibility index (Phi) is 4.37. The van der Waals surface area contributed by atoms with Gasteiger partial charge in [0.2, 0.25) is 0 Å². The molecule has 24 heavy (non-hydrogen) atoms. The lowest BCUT2D eigenvalue weighted by Gasteiger charge is -2.08. The lowest BCUT2D eigenvalue weighted by Crippen LogP contribution is -2.12. The van der Waals surface area contributed by atoms with E-state index in [1.807, 2.05) is 24.5 Å². The molecule has 0 saturated carbocycles. The van der Waals surface area contributed by atoms with Gasteiger partial charge in [0.15, 0.2) is 0 Å².